The number of nitrogens with one attached hydrogen (secondary N) is 3. The number of amides is 4. The summed E-state index contributed by atoms with van der Waals surface area (Å²) in [4.78, 5) is 40.1. The van der Waals surface area contributed by atoms with Gasteiger partial charge in [-0.1, -0.05) is 29.8 Å². The molecule has 31 heavy (non-hydrogen) atoms. The first kappa shape index (κ1) is 22.4. The van der Waals surface area contributed by atoms with Crippen molar-refractivity contribution in [3.05, 3.63) is 59.6 Å². The lowest BCUT2D eigenvalue weighted by Gasteiger charge is -2.36. The topological polar surface area (TPSA) is 93.8 Å². The van der Waals surface area contributed by atoms with Crippen molar-refractivity contribution in [3.63, 3.8) is 0 Å². The zero-order valence-electron chi connectivity index (χ0n) is 17.1. The standard InChI is InChI=1S/C22H26ClN5O3/c23-17-6-8-19(9-7-17)27-12-14-28(15-13-27)21(30)16-25-20(29)10-11-24-22(31)26-18-4-2-1-3-5-18/h1-9H,10-16H2,(H,25,29)(H2,24,26,31). The predicted molar refractivity (Wildman–Crippen MR) is 121 cm³/mol. The third-order valence-electron chi connectivity index (χ3n) is 4.93. The molecule has 0 atom stereocenters. The normalized spacial score (nSPS) is 13.5. The highest BCUT2D eigenvalue weighted by atomic mass is 35.5. The molecule has 0 radical (unpaired) electrons. The first-order chi connectivity index (χ1) is 15.0. The highest BCUT2D eigenvalue weighted by Crippen LogP contribution is 2.19. The minimum atomic E-state index is -0.381. The van der Waals surface area contributed by atoms with E-state index in [4.69, 9.17) is 11.6 Å². The third kappa shape index (κ3) is 7.18. The molecular weight excluding hydrogens is 418 g/mol. The Morgan fingerprint density at radius 1 is 0.871 bits per heavy atom. The van der Waals surface area contributed by atoms with Crippen molar-refractivity contribution in [1.82, 2.24) is 15.5 Å². The molecule has 164 valence electrons. The SMILES string of the molecule is O=C(CCNC(=O)Nc1ccccc1)NCC(=O)N1CCN(c2ccc(Cl)cc2)CC1. The van der Waals surface area contributed by atoms with E-state index in [1.807, 2.05) is 42.5 Å². The van der Waals surface area contributed by atoms with E-state index in [1.165, 1.54) is 0 Å². The van der Waals surface area contributed by atoms with Crippen LogP contribution in [0.5, 0.6) is 0 Å². The Morgan fingerprint density at radius 3 is 2.23 bits per heavy atom. The van der Waals surface area contributed by atoms with Crippen LogP contribution < -0.4 is 20.9 Å². The molecule has 2 aromatic carbocycles. The average Bonchev–Trinajstić information content (AvgIpc) is 2.79. The molecular formula is C22H26ClN5O3. The molecule has 1 aliphatic rings. The summed E-state index contributed by atoms with van der Waals surface area (Å²) in [6, 6.07) is 16.3. The Balaban J connectivity index is 1.30. The molecule has 0 bridgehead atoms. The summed E-state index contributed by atoms with van der Waals surface area (Å²) >= 11 is 5.93. The van der Waals surface area contributed by atoms with Gasteiger partial charge in [-0.2, -0.15) is 0 Å². The van der Waals surface area contributed by atoms with Crippen LogP contribution >= 0.6 is 11.6 Å². The van der Waals surface area contributed by atoms with Gasteiger partial charge in [0.2, 0.25) is 11.8 Å². The molecule has 1 aliphatic heterocycles. The Bertz CT molecular complexity index is 884. The smallest absolute Gasteiger partial charge is 0.319 e. The van der Waals surface area contributed by atoms with E-state index in [9.17, 15) is 14.4 Å². The highest BCUT2D eigenvalue weighted by molar-refractivity contribution is 6.30. The van der Waals surface area contributed by atoms with Gasteiger partial charge in [-0.25, -0.2) is 4.79 Å². The second-order valence-corrected chi connectivity index (χ2v) is 7.55. The van der Waals surface area contributed by atoms with Crippen molar-refractivity contribution in [3.8, 4) is 0 Å². The number of anilines is 2. The van der Waals surface area contributed by atoms with Gasteiger partial charge in [0.1, 0.15) is 0 Å². The minimum absolute atomic E-state index is 0.0456. The number of benzene rings is 2. The van der Waals surface area contributed by atoms with E-state index in [2.05, 4.69) is 20.9 Å². The van der Waals surface area contributed by atoms with Crippen LogP contribution in [0.15, 0.2) is 54.6 Å². The van der Waals surface area contributed by atoms with Crippen LogP contribution in [0.3, 0.4) is 0 Å². The number of halogens is 1. The van der Waals surface area contributed by atoms with E-state index in [1.54, 1.807) is 17.0 Å². The molecule has 0 aliphatic carbocycles. The molecule has 1 fully saturated rings. The van der Waals surface area contributed by atoms with E-state index in [0.717, 1.165) is 18.8 Å². The molecule has 0 aromatic heterocycles. The Hall–Kier alpha value is -3.26. The zero-order valence-corrected chi connectivity index (χ0v) is 17.9. The van der Waals surface area contributed by atoms with Gasteiger partial charge in [-0.3, -0.25) is 9.59 Å². The van der Waals surface area contributed by atoms with Crippen LogP contribution in [0.25, 0.3) is 0 Å². The Labute approximate surface area is 186 Å². The second-order valence-electron chi connectivity index (χ2n) is 7.12. The fourth-order valence-electron chi connectivity index (χ4n) is 3.23. The minimum Gasteiger partial charge on any atom is -0.368 e. The molecule has 3 N–H and O–H groups in total. The molecule has 0 spiro atoms. The summed E-state index contributed by atoms with van der Waals surface area (Å²) in [6.07, 6.45) is 0.0971. The molecule has 1 heterocycles. The largest absolute Gasteiger partial charge is 0.368 e. The number of hydrogen-bond donors (Lipinski definition) is 3. The maximum atomic E-state index is 12.4. The van der Waals surface area contributed by atoms with Crippen molar-refractivity contribution in [2.75, 3.05) is 49.5 Å². The molecule has 0 saturated carbocycles. The van der Waals surface area contributed by atoms with Crippen LogP contribution in [0, 0.1) is 0 Å². The van der Waals surface area contributed by atoms with E-state index >= 15 is 0 Å². The van der Waals surface area contributed by atoms with Crippen LogP contribution in [0.2, 0.25) is 5.02 Å². The summed E-state index contributed by atoms with van der Waals surface area (Å²) in [7, 11) is 0. The molecule has 1 saturated heterocycles. The number of hydrogen-bond acceptors (Lipinski definition) is 4. The van der Waals surface area contributed by atoms with Crippen LogP contribution in [0.1, 0.15) is 6.42 Å². The van der Waals surface area contributed by atoms with E-state index in [-0.39, 0.29) is 37.4 Å². The van der Waals surface area contributed by atoms with Crippen molar-refractivity contribution in [2.45, 2.75) is 6.42 Å². The molecule has 9 heteroatoms. The van der Waals surface area contributed by atoms with Gasteiger partial charge < -0.3 is 25.8 Å². The number of carbonyl (C=O) groups excluding carboxylic acids is 3. The summed E-state index contributed by atoms with van der Waals surface area (Å²) in [5.41, 5.74) is 1.75. The van der Waals surface area contributed by atoms with Gasteiger partial charge in [0.05, 0.1) is 6.54 Å². The second kappa shape index (κ2) is 11.2. The van der Waals surface area contributed by atoms with Crippen LogP contribution in [-0.4, -0.2) is 62.0 Å². The summed E-state index contributed by atoms with van der Waals surface area (Å²) in [5.74, 6) is -0.396. The Kier molecular flexibility index (Phi) is 8.12. The highest BCUT2D eigenvalue weighted by Gasteiger charge is 2.21. The molecule has 0 unspecified atom stereocenters. The molecule has 4 amide bonds. The van der Waals surface area contributed by atoms with E-state index in [0.29, 0.717) is 23.8 Å². The maximum absolute atomic E-state index is 12.4. The molecule has 8 nitrogen and oxygen atoms in total. The van der Waals surface area contributed by atoms with Gasteiger partial charge >= 0.3 is 6.03 Å². The molecule has 3 rings (SSSR count). The lowest BCUT2D eigenvalue weighted by atomic mass is 10.2. The van der Waals surface area contributed by atoms with Crippen molar-refractivity contribution < 1.29 is 14.4 Å². The maximum Gasteiger partial charge on any atom is 0.319 e. The van der Waals surface area contributed by atoms with Crippen LogP contribution in [-0.2, 0) is 9.59 Å². The van der Waals surface area contributed by atoms with Crippen molar-refractivity contribution in [1.29, 1.82) is 0 Å². The monoisotopic (exact) mass is 443 g/mol. The predicted octanol–water partition coefficient (Wildman–Crippen LogP) is 2.32. The number of para-hydroxylation sites is 1. The van der Waals surface area contributed by atoms with Crippen molar-refractivity contribution in [2.24, 2.45) is 0 Å². The summed E-state index contributed by atoms with van der Waals surface area (Å²) in [5, 5.41) is 8.61. The lowest BCUT2D eigenvalue weighted by Crippen LogP contribution is -2.51. The van der Waals surface area contributed by atoms with Gasteiger partial charge in [0.25, 0.3) is 0 Å². The van der Waals surface area contributed by atoms with Gasteiger partial charge in [-0.15, -0.1) is 0 Å². The van der Waals surface area contributed by atoms with Gasteiger partial charge in [0.15, 0.2) is 0 Å². The first-order valence-electron chi connectivity index (χ1n) is 10.2. The average molecular weight is 444 g/mol. The molecule has 2 aromatic rings. The number of nitrogens with zero attached hydrogens (tertiary/aromatic N) is 2. The number of carbonyl (C=O) groups is 3. The van der Waals surface area contributed by atoms with Gasteiger partial charge in [-0.05, 0) is 36.4 Å². The number of urea groups is 1. The van der Waals surface area contributed by atoms with E-state index < -0.39 is 0 Å². The zero-order chi connectivity index (χ0) is 22.1. The fourth-order valence-corrected chi connectivity index (χ4v) is 3.35. The number of rotatable bonds is 7. The lowest BCUT2D eigenvalue weighted by molar-refractivity contribution is -0.133. The van der Waals surface area contributed by atoms with Crippen molar-refractivity contribution >= 4 is 40.8 Å². The quantitative estimate of drug-likeness (QED) is 0.612. The fraction of sp³-hybridized carbons (Fsp3) is 0.318. The Morgan fingerprint density at radius 2 is 1.55 bits per heavy atom. The summed E-state index contributed by atoms with van der Waals surface area (Å²) in [6.45, 7) is 2.77. The summed E-state index contributed by atoms with van der Waals surface area (Å²) < 4.78 is 0. The third-order valence-corrected chi connectivity index (χ3v) is 5.18. The van der Waals surface area contributed by atoms with Crippen LogP contribution in [0.4, 0.5) is 16.2 Å². The van der Waals surface area contributed by atoms with Gasteiger partial charge in [0, 0.05) is 55.5 Å². The first-order valence-corrected chi connectivity index (χ1v) is 10.5. The number of piperazine rings is 1.